The number of piperidine rings is 1. The molecule has 2 heterocycles. The Hall–Kier alpha value is -0.970. The second-order valence-electron chi connectivity index (χ2n) is 3.48. The third kappa shape index (κ3) is 2.34. The standard InChI is InChI=1S/C10H10BrFN2O/c11-7-5-9(12)10(13-6-7)14-3-1-8(15)2-4-14/h5-6H,1-4H2. The van der Waals surface area contributed by atoms with Crippen molar-refractivity contribution in [3.63, 3.8) is 0 Å². The Kier molecular flexibility index (Phi) is 3.00. The van der Waals surface area contributed by atoms with Gasteiger partial charge in [0.15, 0.2) is 11.6 Å². The first-order valence-corrected chi connectivity index (χ1v) is 5.54. The minimum atomic E-state index is -0.348. The lowest BCUT2D eigenvalue weighted by molar-refractivity contribution is -0.119. The lowest BCUT2D eigenvalue weighted by atomic mass is 10.1. The van der Waals surface area contributed by atoms with Crippen LogP contribution in [0, 0.1) is 5.82 Å². The van der Waals surface area contributed by atoms with Gasteiger partial charge in [-0.3, -0.25) is 4.79 Å². The molecular formula is C10H10BrFN2O. The van der Waals surface area contributed by atoms with E-state index >= 15 is 0 Å². The SMILES string of the molecule is O=C1CCN(c2ncc(Br)cc2F)CC1. The summed E-state index contributed by atoms with van der Waals surface area (Å²) in [6, 6.07) is 1.39. The maximum absolute atomic E-state index is 13.5. The molecule has 1 aliphatic heterocycles. The Bertz CT molecular complexity index is 387. The molecular weight excluding hydrogens is 263 g/mol. The molecule has 0 aliphatic carbocycles. The predicted molar refractivity (Wildman–Crippen MR) is 58.3 cm³/mol. The molecule has 5 heteroatoms. The molecule has 0 bridgehead atoms. The van der Waals surface area contributed by atoms with Gasteiger partial charge in [0.25, 0.3) is 0 Å². The number of rotatable bonds is 1. The number of hydrogen-bond donors (Lipinski definition) is 0. The first-order chi connectivity index (χ1) is 7.16. The van der Waals surface area contributed by atoms with Gasteiger partial charge < -0.3 is 4.90 Å². The van der Waals surface area contributed by atoms with Crippen molar-refractivity contribution in [2.45, 2.75) is 12.8 Å². The topological polar surface area (TPSA) is 33.2 Å². The molecule has 1 aromatic heterocycles. The summed E-state index contributed by atoms with van der Waals surface area (Å²) in [4.78, 5) is 16.9. The Labute approximate surface area is 95.4 Å². The molecule has 0 spiro atoms. The number of aromatic nitrogens is 1. The summed E-state index contributed by atoms with van der Waals surface area (Å²) >= 11 is 3.15. The third-order valence-corrected chi connectivity index (χ3v) is 2.84. The van der Waals surface area contributed by atoms with Gasteiger partial charge in [-0.25, -0.2) is 9.37 Å². The molecule has 0 saturated carbocycles. The van der Waals surface area contributed by atoms with E-state index in [1.807, 2.05) is 4.90 Å². The van der Waals surface area contributed by atoms with Crippen LogP contribution in [0.25, 0.3) is 0 Å². The van der Waals surface area contributed by atoms with Gasteiger partial charge in [-0.05, 0) is 22.0 Å². The molecule has 0 N–H and O–H groups in total. The Morgan fingerprint density at radius 1 is 1.40 bits per heavy atom. The smallest absolute Gasteiger partial charge is 0.166 e. The summed E-state index contributed by atoms with van der Waals surface area (Å²) in [6.45, 7) is 1.12. The van der Waals surface area contributed by atoms with E-state index in [0.717, 1.165) is 0 Å². The van der Waals surface area contributed by atoms with Gasteiger partial charge in [-0.1, -0.05) is 0 Å². The van der Waals surface area contributed by atoms with Gasteiger partial charge in [0.1, 0.15) is 5.78 Å². The number of hydrogen-bond acceptors (Lipinski definition) is 3. The molecule has 80 valence electrons. The van der Waals surface area contributed by atoms with Crippen LogP contribution in [0.4, 0.5) is 10.2 Å². The van der Waals surface area contributed by atoms with Crippen molar-refractivity contribution < 1.29 is 9.18 Å². The van der Waals surface area contributed by atoms with Crippen LogP contribution in [0.5, 0.6) is 0 Å². The van der Waals surface area contributed by atoms with Crippen LogP contribution >= 0.6 is 15.9 Å². The van der Waals surface area contributed by atoms with Crippen molar-refractivity contribution >= 4 is 27.5 Å². The van der Waals surface area contributed by atoms with Crippen molar-refractivity contribution in [2.24, 2.45) is 0 Å². The highest BCUT2D eigenvalue weighted by molar-refractivity contribution is 9.10. The van der Waals surface area contributed by atoms with E-state index in [-0.39, 0.29) is 11.6 Å². The Balaban J connectivity index is 2.19. The van der Waals surface area contributed by atoms with Gasteiger partial charge in [-0.2, -0.15) is 0 Å². The van der Waals surface area contributed by atoms with E-state index in [1.54, 1.807) is 6.20 Å². The average molecular weight is 273 g/mol. The zero-order chi connectivity index (χ0) is 10.8. The van der Waals surface area contributed by atoms with Gasteiger partial charge in [-0.15, -0.1) is 0 Å². The van der Waals surface area contributed by atoms with Crippen LogP contribution in [0.15, 0.2) is 16.7 Å². The minimum Gasteiger partial charge on any atom is -0.353 e. The van der Waals surface area contributed by atoms with Crippen LogP contribution in [-0.2, 0) is 4.79 Å². The molecule has 2 rings (SSSR count). The lowest BCUT2D eigenvalue weighted by Crippen LogP contribution is -2.34. The van der Waals surface area contributed by atoms with E-state index in [9.17, 15) is 9.18 Å². The molecule has 1 aromatic rings. The molecule has 1 fully saturated rings. The third-order valence-electron chi connectivity index (χ3n) is 2.41. The number of Topliss-reactive ketones (excluding diaryl/α,β-unsaturated/α-hetero) is 1. The van der Waals surface area contributed by atoms with Crippen LogP contribution in [0.1, 0.15) is 12.8 Å². The molecule has 15 heavy (non-hydrogen) atoms. The van der Waals surface area contributed by atoms with E-state index in [4.69, 9.17) is 0 Å². The van der Waals surface area contributed by atoms with E-state index in [1.165, 1.54) is 6.07 Å². The quantitative estimate of drug-likeness (QED) is 0.786. The van der Waals surface area contributed by atoms with Crippen molar-refractivity contribution in [3.05, 3.63) is 22.6 Å². The van der Waals surface area contributed by atoms with Gasteiger partial charge >= 0.3 is 0 Å². The van der Waals surface area contributed by atoms with E-state index in [2.05, 4.69) is 20.9 Å². The number of ketones is 1. The monoisotopic (exact) mass is 272 g/mol. The zero-order valence-corrected chi connectivity index (χ0v) is 9.63. The fourth-order valence-corrected chi connectivity index (χ4v) is 1.91. The van der Waals surface area contributed by atoms with E-state index in [0.29, 0.717) is 36.2 Å². The Morgan fingerprint density at radius 2 is 2.07 bits per heavy atom. The number of carbonyl (C=O) groups is 1. The number of nitrogens with zero attached hydrogens (tertiary/aromatic N) is 2. The van der Waals surface area contributed by atoms with Gasteiger partial charge in [0.2, 0.25) is 0 Å². The summed E-state index contributed by atoms with van der Waals surface area (Å²) in [5, 5.41) is 0. The van der Waals surface area contributed by atoms with E-state index < -0.39 is 0 Å². The number of halogens is 2. The summed E-state index contributed by atoms with van der Waals surface area (Å²) in [5.74, 6) is 0.230. The highest BCUT2D eigenvalue weighted by atomic mass is 79.9. The molecule has 0 amide bonds. The fourth-order valence-electron chi connectivity index (χ4n) is 1.61. The molecule has 0 radical (unpaired) electrons. The fraction of sp³-hybridized carbons (Fsp3) is 0.400. The van der Waals surface area contributed by atoms with Gasteiger partial charge in [0.05, 0.1) is 0 Å². The average Bonchev–Trinajstić information content (AvgIpc) is 2.20. The summed E-state index contributed by atoms with van der Waals surface area (Å²) in [5.41, 5.74) is 0. The van der Waals surface area contributed by atoms with Crippen LogP contribution in [-0.4, -0.2) is 23.9 Å². The maximum Gasteiger partial charge on any atom is 0.166 e. The minimum absolute atomic E-state index is 0.240. The first kappa shape index (κ1) is 10.5. The largest absolute Gasteiger partial charge is 0.353 e. The zero-order valence-electron chi connectivity index (χ0n) is 8.04. The summed E-state index contributed by atoms with van der Waals surface area (Å²) in [7, 11) is 0. The maximum atomic E-state index is 13.5. The molecule has 0 unspecified atom stereocenters. The van der Waals surface area contributed by atoms with Crippen molar-refractivity contribution in [2.75, 3.05) is 18.0 Å². The Morgan fingerprint density at radius 3 is 2.67 bits per heavy atom. The van der Waals surface area contributed by atoms with Crippen LogP contribution in [0.3, 0.4) is 0 Å². The molecule has 1 saturated heterocycles. The number of anilines is 1. The summed E-state index contributed by atoms with van der Waals surface area (Å²) < 4.78 is 14.1. The first-order valence-electron chi connectivity index (χ1n) is 4.74. The second-order valence-corrected chi connectivity index (χ2v) is 4.40. The van der Waals surface area contributed by atoms with Crippen LogP contribution in [0.2, 0.25) is 0 Å². The highest BCUT2D eigenvalue weighted by Crippen LogP contribution is 2.22. The molecule has 3 nitrogen and oxygen atoms in total. The molecule has 0 aromatic carbocycles. The number of pyridine rings is 1. The number of carbonyl (C=O) groups excluding carboxylic acids is 1. The normalized spacial score (nSPS) is 16.9. The van der Waals surface area contributed by atoms with Crippen molar-refractivity contribution in [1.29, 1.82) is 0 Å². The van der Waals surface area contributed by atoms with Crippen molar-refractivity contribution in [3.8, 4) is 0 Å². The second kappa shape index (κ2) is 4.26. The highest BCUT2D eigenvalue weighted by Gasteiger charge is 2.19. The lowest BCUT2D eigenvalue weighted by Gasteiger charge is -2.27. The van der Waals surface area contributed by atoms with Gasteiger partial charge in [0, 0.05) is 36.6 Å². The predicted octanol–water partition coefficient (Wildman–Crippen LogP) is 2.15. The molecule has 1 aliphatic rings. The molecule has 0 atom stereocenters. The summed E-state index contributed by atoms with van der Waals surface area (Å²) in [6.07, 6.45) is 2.53. The van der Waals surface area contributed by atoms with Crippen LogP contribution < -0.4 is 4.90 Å². The van der Waals surface area contributed by atoms with Crippen molar-refractivity contribution in [1.82, 2.24) is 4.98 Å².